The summed E-state index contributed by atoms with van der Waals surface area (Å²) >= 11 is 0. The van der Waals surface area contributed by atoms with E-state index in [9.17, 15) is 14.3 Å². The van der Waals surface area contributed by atoms with E-state index in [4.69, 9.17) is 0 Å². The highest BCUT2D eigenvalue weighted by molar-refractivity contribution is 5.70. The van der Waals surface area contributed by atoms with Gasteiger partial charge in [0.25, 0.3) is 0 Å². The molecule has 0 heterocycles. The molecule has 0 saturated heterocycles. The normalized spacial score (nSPS) is 12.3. The third-order valence-electron chi connectivity index (χ3n) is 2.10. The molecule has 1 N–H and O–H groups in total. The van der Waals surface area contributed by atoms with Gasteiger partial charge in [-0.3, -0.25) is 4.79 Å². The van der Waals surface area contributed by atoms with E-state index in [-0.39, 0.29) is 12.0 Å². The van der Waals surface area contributed by atoms with Crippen LogP contribution in [0, 0.1) is 12.7 Å². The van der Waals surface area contributed by atoms with Gasteiger partial charge < -0.3 is 9.84 Å². The van der Waals surface area contributed by atoms with E-state index < -0.39 is 17.9 Å². The molecule has 0 aliphatic carbocycles. The predicted octanol–water partition coefficient (Wildman–Crippen LogP) is 1.73. The topological polar surface area (TPSA) is 46.5 Å². The number of carbonyl (C=O) groups excluding carboxylic acids is 1. The molecule has 1 rings (SSSR count). The van der Waals surface area contributed by atoms with Crippen molar-refractivity contribution in [3.05, 3.63) is 35.1 Å². The molecule has 1 aromatic carbocycles. The van der Waals surface area contributed by atoms with Crippen molar-refractivity contribution in [2.75, 3.05) is 7.11 Å². The van der Waals surface area contributed by atoms with Gasteiger partial charge in [-0.1, -0.05) is 12.1 Å². The summed E-state index contributed by atoms with van der Waals surface area (Å²) in [7, 11) is 1.22. The molecular weight excluding hydrogens is 199 g/mol. The minimum absolute atomic E-state index is 0.117. The maximum atomic E-state index is 13.3. The Kier molecular flexibility index (Phi) is 3.80. The van der Waals surface area contributed by atoms with Gasteiger partial charge in [-0.2, -0.15) is 0 Å². The second kappa shape index (κ2) is 4.89. The third kappa shape index (κ3) is 3.02. The summed E-state index contributed by atoms with van der Waals surface area (Å²) < 4.78 is 17.7. The van der Waals surface area contributed by atoms with Crippen molar-refractivity contribution in [1.29, 1.82) is 0 Å². The molecule has 0 amide bonds. The molecule has 82 valence electrons. The number of benzene rings is 1. The molecule has 0 aromatic heterocycles. The van der Waals surface area contributed by atoms with Gasteiger partial charge >= 0.3 is 5.97 Å². The Hall–Kier alpha value is -1.42. The number of rotatable bonds is 3. The highest BCUT2D eigenvalue weighted by atomic mass is 19.1. The van der Waals surface area contributed by atoms with Crippen molar-refractivity contribution < 1.29 is 19.0 Å². The number of ether oxygens (including phenoxy) is 1. The lowest BCUT2D eigenvalue weighted by Crippen LogP contribution is -2.09. The Morgan fingerprint density at radius 1 is 1.60 bits per heavy atom. The highest BCUT2D eigenvalue weighted by Gasteiger charge is 2.16. The fraction of sp³-hybridized carbons (Fsp3) is 0.364. The van der Waals surface area contributed by atoms with E-state index in [2.05, 4.69) is 4.74 Å². The molecule has 0 saturated carbocycles. The summed E-state index contributed by atoms with van der Waals surface area (Å²) in [6, 6.07) is 4.47. The van der Waals surface area contributed by atoms with E-state index in [0.717, 1.165) is 5.56 Å². The van der Waals surface area contributed by atoms with Crippen molar-refractivity contribution >= 4 is 5.97 Å². The number of aliphatic hydroxyl groups is 1. The lowest BCUT2D eigenvalue weighted by molar-refractivity contribution is -0.142. The maximum absolute atomic E-state index is 13.3. The van der Waals surface area contributed by atoms with Crippen molar-refractivity contribution in [2.45, 2.75) is 19.4 Å². The van der Waals surface area contributed by atoms with Crippen LogP contribution in [0.1, 0.15) is 23.7 Å². The molecule has 0 aliphatic heterocycles. The number of hydrogen-bond acceptors (Lipinski definition) is 3. The molecule has 0 spiro atoms. The molecule has 15 heavy (non-hydrogen) atoms. The van der Waals surface area contributed by atoms with E-state index in [1.807, 2.05) is 0 Å². The first kappa shape index (κ1) is 11.7. The van der Waals surface area contributed by atoms with E-state index >= 15 is 0 Å². The van der Waals surface area contributed by atoms with Gasteiger partial charge in [0.1, 0.15) is 5.82 Å². The van der Waals surface area contributed by atoms with Gasteiger partial charge in [0.05, 0.1) is 19.6 Å². The molecule has 1 aromatic rings. The quantitative estimate of drug-likeness (QED) is 0.776. The Morgan fingerprint density at radius 2 is 2.27 bits per heavy atom. The first-order chi connectivity index (χ1) is 7.04. The first-order valence-electron chi connectivity index (χ1n) is 4.55. The number of methoxy groups -OCH3 is 1. The molecule has 1 atom stereocenters. The van der Waals surface area contributed by atoms with Crippen molar-refractivity contribution in [3.63, 3.8) is 0 Å². The van der Waals surface area contributed by atoms with Crippen molar-refractivity contribution in [3.8, 4) is 0 Å². The third-order valence-corrected chi connectivity index (χ3v) is 2.10. The van der Waals surface area contributed by atoms with Crippen LogP contribution in [0.15, 0.2) is 18.2 Å². The second-order valence-corrected chi connectivity index (χ2v) is 3.32. The van der Waals surface area contributed by atoms with Crippen LogP contribution >= 0.6 is 0 Å². The monoisotopic (exact) mass is 212 g/mol. The second-order valence-electron chi connectivity index (χ2n) is 3.32. The number of esters is 1. The summed E-state index contributed by atoms with van der Waals surface area (Å²) in [5, 5.41) is 9.55. The van der Waals surface area contributed by atoms with Crippen LogP contribution < -0.4 is 0 Å². The smallest absolute Gasteiger partial charge is 0.308 e. The lowest BCUT2D eigenvalue weighted by atomic mass is 10.0. The Labute approximate surface area is 87.5 Å². The van der Waals surface area contributed by atoms with Crippen LogP contribution in [0.4, 0.5) is 4.39 Å². The summed E-state index contributed by atoms with van der Waals surface area (Å²) in [4.78, 5) is 10.9. The van der Waals surface area contributed by atoms with E-state index in [1.165, 1.54) is 19.2 Å². The van der Waals surface area contributed by atoms with Crippen LogP contribution in [-0.2, 0) is 9.53 Å². The Balaban J connectivity index is 2.82. The number of aryl methyl sites for hydroxylation is 1. The molecule has 0 unspecified atom stereocenters. The first-order valence-corrected chi connectivity index (χ1v) is 4.55. The van der Waals surface area contributed by atoms with E-state index in [0.29, 0.717) is 0 Å². The molecule has 4 heteroatoms. The van der Waals surface area contributed by atoms with Gasteiger partial charge in [0.15, 0.2) is 0 Å². The molecule has 0 radical (unpaired) electrons. The molecule has 0 bridgehead atoms. The maximum Gasteiger partial charge on any atom is 0.308 e. The van der Waals surface area contributed by atoms with Gasteiger partial charge in [-0.05, 0) is 18.6 Å². The fourth-order valence-corrected chi connectivity index (χ4v) is 1.25. The average Bonchev–Trinajstić information content (AvgIpc) is 2.17. The number of hydrogen-bond donors (Lipinski definition) is 1. The van der Waals surface area contributed by atoms with E-state index in [1.54, 1.807) is 13.0 Å². The zero-order valence-electron chi connectivity index (χ0n) is 8.66. The van der Waals surface area contributed by atoms with Crippen LogP contribution in [0.5, 0.6) is 0 Å². The van der Waals surface area contributed by atoms with Crippen LogP contribution in [0.3, 0.4) is 0 Å². The molecular formula is C11H13FO3. The standard InChI is InChI=1S/C11H13FO3/c1-7-3-4-8(9(12)5-7)10(13)6-11(14)15-2/h3-5,10,13H,6H2,1-2H3/t10-/m1/s1. The SMILES string of the molecule is COC(=O)C[C@@H](O)c1ccc(C)cc1F. The zero-order chi connectivity index (χ0) is 11.4. The minimum atomic E-state index is -1.15. The van der Waals surface area contributed by atoms with Gasteiger partial charge in [0.2, 0.25) is 0 Å². The summed E-state index contributed by atoms with van der Waals surface area (Å²) in [6.07, 6.45) is -1.39. The van der Waals surface area contributed by atoms with Crippen molar-refractivity contribution in [2.24, 2.45) is 0 Å². The highest BCUT2D eigenvalue weighted by Crippen LogP contribution is 2.21. The number of halogens is 1. The molecule has 0 fully saturated rings. The Bertz CT molecular complexity index is 363. The summed E-state index contributed by atoms with van der Waals surface area (Å²) in [5.74, 6) is -1.08. The summed E-state index contributed by atoms with van der Waals surface area (Å²) in [6.45, 7) is 1.75. The predicted molar refractivity (Wildman–Crippen MR) is 52.7 cm³/mol. The van der Waals surface area contributed by atoms with Crippen LogP contribution in [0.2, 0.25) is 0 Å². The molecule has 3 nitrogen and oxygen atoms in total. The Morgan fingerprint density at radius 3 is 2.80 bits per heavy atom. The average molecular weight is 212 g/mol. The van der Waals surface area contributed by atoms with Crippen LogP contribution in [-0.4, -0.2) is 18.2 Å². The number of carbonyl (C=O) groups is 1. The minimum Gasteiger partial charge on any atom is -0.469 e. The van der Waals surface area contributed by atoms with Crippen LogP contribution in [0.25, 0.3) is 0 Å². The van der Waals surface area contributed by atoms with Gasteiger partial charge in [-0.15, -0.1) is 0 Å². The van der Waals surface area contributed by atoms with Gasteiger partial charge in [-0.25, -0.2) is 4.39 Å². The lowest BCUT2D eigenvalue weighted by Gasteiger charge is -2.10. The van der Waals surface area contributed by atoms with Gasteiger partial charge in [0, 0.05) is 5.56 Å². The zero-order valence-corrected chi connectivity index (χ0v) is 8.66. The van der Waals surface area contributed by atoms with Crippen molar-refractivity contribution in [1.82, 2.24) is 0 Å². The largest absolute Gasteiger partial charge is 0.469 e. The number of aliphatic hydroxyl groups excluding tert-OH is 1. The fourth-order valence-electron chi connectivity index (χ4n) is 1.25. The summed E-state index contributed by atoms with van der Waals surface area (Å²) in [5.41, 5.74) is 0.882. The molecule has 0 aliphatic rings.